The van der Waals surface area contributed by atoms with E-state index in [1.54, 1.807) is 36.4 Å². The lowest BCUT2D eigenvalue weighted by molar-refractivity contribution is -0.114. The Balaban J connectivity index is 1.94. The number of hydrogen-bond acceptors (Lipinski definition) is 5. The Morgan fingerprint density at radius 1 is 0.912 bits per heavy atom. The van der Waals surface area contributed by atoms with E-state index in [1.807, 2.05) is 0 Å². The number of hydrogen-bond donors (Lipinski definition) is 1. The molecule has 12 heteroatoms. The van der Waals surface area contributed by atoms with Gasteiger partial charge < -0.3 is 5.32 Å². The average Bonchev–Trinajstić information content (AvgIpc) is 2.77. The van der Waals surface area contributed by atoms with Crippen molar-refractivity contribution in [3.05, 3.63) is 82.8 Å². The largest absolute Gasteiger partial charge is 0.324 e. The zero-order valence-electron chi connectivity index (χ0n) is 18.1. The fourth-order valence-corrected chi connectivity index (χ4v) is 5.52. The molecule has 0 heterocycles. The van der Waals surface area contributed by atoms with Crippen LogP contribution < -0.4 is 13.9 Å². The van der Waals surface area contributed by atoms with Crippen molar-refractivity contribution in [1.29, 1.82) is 0 Å². The van der Waals surface area contributed by atoms with Crippen LogP contribution in [0.4, 0.5) is 17.1 Å². The molecule has 8 nitrogen and oxygen atoms in total. The molecule has 0 saturated carbocycles. The summed E-state index contributed by atoms with van der Waals surface area (Å²) in [5, 5.41) is 2.97. The van der Waals surface area contributed by atoms with E-state index in [1.165, 1.54) is 43.4 Å². The van der Waals surface area contributed by atoms with Gasteiger partial charge in [0.15, 0.2) is 0 Å². The Labute approximate surface area is 208 Å². The summed E-state index contributed by atoms with van der Waals surface area (Å²) in [4.78, 5) is 12.9. The fraction of sp³-hybridized carbons (Fsp3) is 0.136. The van der Waals surface area contributed by atoms with Crippen molar-refractivity contribution in [2.24, 2.45) is 0 Å². The number of nitrogens with one attached hydrogen (secondary N) is 1. The van der Waals surface area contributed by atoms with Gasteiger partial charge in [0.1, 0.15) is 6.54 Å². The number of amides is 1. The normalized spacial score (nSPS) is 11.6. The minimum Gasteiger partial charge on any atom is -0.324 e. The Kier molecular flexibility index (Phi) is 7.77. The van der Waals surface area contributed by atoms with Gasteiger partial charge in [-0.3, -0.25) is 13.4 Å². The molecular formula is C22H21Cl2N3O5S2. The van der Waals surface area contributed by atoms with Crippen LogP contribution in [0.5, 0.6) is 0 Å². The molecule has 34 heavy (non-hydrogen) atoms. The molecule has 1 amide bonds. The maximum absolute atomic E-state index is 13.4. The monoisotopic (exact) mass is 541 g/mol. The molecule has 180 valence electrons. The van der Waals surface area contributed by atoms with Crippen LogP contribution in [0.3, 0.4) is 0 Å². The first-order valence-corrected chi connectivity index (χ1v) is 13.8. The second-order valence-corrected chi connectivity index (χ2v) is 12.0. The predicted molar refractivity (Wildman–Crippen MR) is 136 cm³/mol. The van der Waals surface area contributed by atoms with Gasteiger partial charge in [-0.05, 0) is 48.5 Å². The van der Waals surface area contributed by atoms with Crippen LogP contribution in [-0.4, -0.2) is 42.6 Å². The van der Waals surface area contributed by atoms with Crippen LogP contribution in [0.1, 0.15) is 0 Å². The molecule has 0 spiro atoms. The third-order valence-corrected chi connectivity index (χ3v) is 8.31. The van der Waals surface area contributed by atoms with Gasteiger partial charge in [-0.25, -0.2) is 16.8 Å². The highest BCUT2D eigenvalue weighted by Crippen LogP contribution is 2.32. The standard InChI is InChI=1S/C22H21Cl2N3O5S2/c1-26(33(2,29)30)18-8-6-7-17(14-18)25-22(28)15-27(21-12-11-16(23)13-20(21)24)34(31,32)19-9-4-3-5-10-19/h3-14H,15H2,1-2H3,(H,25,28). The highest BCUT2D eigenvalue weighted by molar-refractivity contribution is 7.93. The number of anilines is 3. The lowest BCUT2D eigenvalue weighted by atomic mass is 10.2. The molecular weight excluding hydrogens is 521 g/mol. The quantitative estimate of drug-likeness (QED) is 0.459. The number of sulfonamides is 2. The van der Waals surface area contributed by atoms with E-state index in [2.05, 4.69) is 5.32 Å². The summed E-state index contributed by atoms with van der Waals surface area (Å²) in [6.07, 6.45) is 1.06. The molecule has 0 saturated heterocycles. The summed E-state index contributed by atoms with van der Waals surface area (Å²) in [6, 6.07) is 18.1. The highest BCUT2D eigenvalue weighted by atomic mass is 35.5. The van der Waals surface area contributed by atoms with Gasteiger partial charge in [0.2, 0.25) is 15.9 Å². The Bertz CT molecular complexity index is 1420. The van der Waals surface area contributed by atoms with Gasteiger partial charge in [0.05, 0.1) is 27.5 Å². The van der Waals surface area contributed by atoms with Crippen LogP contribution in [-0.2, 0) is 24.8 Å². The summed E-state index contributed by atoms with van der Waals surface area (Å²) < 4.78 is 52.4. The van der Waals surface area contributed by atoms with E-state index in [9.17, 15) is 21.6 Å². The second kappa shape index (κ2) is 10.2. The fourth-order valence-electron chi connectivity index (χ4n) is 3.00. The maximum Gasteiger partial charge on any atom is 0.264 e. The summed E-state index contributed by atoms with van der Waals surface area (Å²) in [6.45, 7) is -0.593. The zero-order valence-corrected chi connectivity index (χ0v) is 21.3. The van der Waals surface area contributed by atoms with Crippen LogP contribution in [0.15, 0.2) is 77.7 Å². The van der Waals surface area contributed by atoms with Gasteiger partial charge in [0.25, 0.3) is 10.0 Å². The van der Waals surface area contributed by atoms with Gasteiger partial charge in [-0.15, -0.1) is 0 Å². The molecule has 3 aromatic rings. The van der Waals surface area contributed by atoms with Crippen LogP contribution in [0.2, 0.25) is 10.0 Å². The van der Waals surface area contributed by atoms with Crippen molar-refractivity contribution >= 4 is 66.2 Å². The molecule has 3 rings (SSSR count). The lowest BCUT2D eigenvalue weighted by Gasteiger charge is -2.25. The average molecular weight is 542 g/mol. The molecule has 0 unspecified atom stereocenters. The lowest BCUT2D eigenvalue weighted by Crippen LogP contribution is -2.38. The van der Waals surface area contributed by atoms with E-state index < -0.39 is 32.5 Å². The Morgan fingerprint density at radius 2 is 1.59 bits per heavy atom. The molecule has 0 fully saturated rings. The van der Waals surface area contributed by atoms with Crippen molar-refractivity contribution in [3.8, 4) is 0 Å². The molecule has 0 bridgehead atoms. The van der Waals surface area contributed by atoms with Gasteiger partial charge >= 0.3 is 0 Å². The van der Waals surface area contributed by atoms with Crippen molar-refractivity contribution in [2.45, 2.75) is 4.90 Å². The van der Waals surface area contributed by atoms with E-state index in [-0.39, 0.29) is 21.3 Å². The van der Waals surface area contributed by atoms with Crippen molar-refractivity contribution < 1.29 is 21.6 Å². The molecule has 3 aromatic carbocycles. The number of carbonyl (C=O) groups excluding carboxylic acids is 1. The third kappa shape index (κ3) is 6.01. The van der Waals surface area contributed by atoms with E-state index in [0.29, 0.717) is 10.7 Å². The zero-order chi connectivity index (χ0) is 25.1. The summed E-state index contributed by atoms with van der Waals surface area (Å²) in [5.41, 5.74) is 0.697. The highest BCUT2D eigenvalue weighted by Gasteiger charge is 2.29. The van der Waals surface area contributed by atoms with Crippen molar-refractivity contribution in [1.82, 2.24) is 0 Å². The molecule has 0 atom stereocenters. The number of rotatable bonds is 8. The molecule has 0 radical (unpaired) electrons. The first kappa shape index (κ1) is 25.8. The number of halogens is 2. The number of nitrogens with zero attached hydrogens (tertiary/aromatic N) is 2. The maximum atomic E-state index is 13.4. The Morgan fingerprint density at radius 3 is 2.21 bits per heavy atom. The smallest absolute Gasteiger partial charge is 0.264 e. The summed E-state index contributed by atoms with van der Waals surface area (Å²) in [5.74, 6) is -0.662. The van der Waals surface area contributed by atoms with Crippen LogP contribution in [0.25, 0.3) is 0 Å². The minimum absolute atomic E-state index is 0.0226. The van der Waals surface area contributed by atoms with Gasteiger partial charge in [-0.2, -0.15) is 0 Å². The molecule has 1 N–H and O–H groups in total. The van der Waals surface area contributed by atoms with Gasteiger partial charge in [0, 0.05) is 17.8 Å². The Hall–Kier alpha value is -2.79. The van der Waals surface area contributed by atoms with E-state index in [4.69, 9.17) is 23.2 Å². The molecule has 0 aliphatic heterocycles. The van der Waals surface area contributed by atoms with Crippen molar-refractivity contribution in [3.63, 3.8) is 0 Å². The van der Waals surface area contributed by atoms with Crippen LogP contribution >= 0.6 is 23.2 Å². The second-order valence-electron chi connectivity index (χ2n) is 7.25. The summed E-state index contributed by atoms with van der Waals surface area (Å²) >= 11 is 12.2. The molecule has 0 aliphatic rings. The van der Waals surface area contributed by atoms with E-state index >= 15 is 0 Å². The SMILES string of the molecule is CN(c1cccc(NC(=O)CN(c2ccc(Cl)cc2Cl)S(=O)(=O)c2ccccc2)c1)S(C)(=O)=O. The minimum atomic E-state index is -4.16. The van der Waals surface area contributed by atoms with Gasteiger partial charge in [-0.1, -0.05) is 47.5 Å². The van der Waals surface area contributed by atoms with Crippen molar-refractivity contribution in [2.75, 3.05) is 33.8 Å². The molecule has 0 aliphatic carbocycles. The number of carbonyl (C=O) groups is 1. The number of benzene rings is 3. The van der Waals surface area contributed by atoms with E-state index in [0.717, 1.165) is 14.9 Å². The van der Waals surface area contributed by atoms with Crippen LogP contribution in [0, 0.1) is 0 Å². The third-order valence-electron chi connectivity index (χ3n) is 4.79. The topological polar surface area (TPSA) is 104 Å². The first-order chi connectivity index (χ1) is 15.9. The first-order valence-electron chi connectivity index (χ1n) is 9.76. The summed E-state index contributed by atoms with van der Waals surface area (Å²) in [7, 11) is -6.29. The molecule has 0 aromatic heterocycles. The predicted octanol–water partition coefficient (Wildman–Crippen LogP) is 4.22.